The number of hydrogen-bond acceptors (Lipinski definition) is 8. The lowest BCUT2D eigenvalue weighted by molar-refractivity contribution is -0.0218. The summed E-state index contributed by atoms with van der Waals surface area (Å²) >= 11 is 5.83. The number of rotatable bonds is 8. The summed E-state index contributed by atoms with van der Waals surface area (Å²) in [6.07, 6.45) is 3.33. The van der Waals surface area contributed by atoms with Crippen molar-refractivity contribution in [3.63, 3.8) is 0 Å². The van der Waals surface area contributed by atoms with Crippen molar-refractivity contribution in [1.29, 1.82) is 0 Å². The van der Waals surface area contributed by atoms with Crippen LogP contribution in [0.5, 0.6) is 0 Å². The average Bonchev–Trinajstić information content (AvgIpc) is 3.26. The van der Waals surface area contributed by atoms with E-state index in [0.29, 0.717) is 10.8 Å². The summed E-state index contributed by atoms with van der Waals surface area (Å²) in [6, 6.07) is -0.0804. The van der Waals surface area contributed by atoms with Crippen molar-refractivity contribution >= 4 is 27.6 Å². The van der Waals surface area contributed by atoms with Gasteiger partial charge < -0.3 is 9.47 Å². The SMILES string of the molecule is COC(c1ncc(Cl)cn1)C(C)S(=O)(=O)Nc1nnc([C@H]2CCC(C)(C)O2)n1C(C)C. The van der Waals surface area contributed by atoms with Crippen molar-refractivity contribution in [2.24, 2.45) is 0 Å². The van der Waals surface area contributed by atoms with Gasteiger partial charge in [0, 0.05) is 25.5 Å². The Hall–Kier alpha value is -1.82. The van der Waals surface area contributed by atoms with Crippen LogP contribution in [0.4, 0.5) is 5.95 Å². The first-order chi connectivity index (χ1) is 14.4. The maximum atomic E-state index is 13.2. The summed E-state index contributed by atoms with van der Waals surface area (Å²) in [5, 5.41) is 7.71. The Bertz CT molecular complexity index is 1010. The largest absolute Gasteiger partial charge is 0.372 e. The lowest BCUT2D eigenvalue weighted by Crippen LogP contribution is -2.33. The third kappa shape index (κ3) is 5.16. The first kappa shape index (κ1) is 23.8. The van der Waals surface area contributed by atoms with E-state index in [1.54, 1.807) is 4.57 Å². The van der Waals surface area contributed by atoms with E-state index >= 15 is 0 Å². The van der Waals surface area contributed by atoms with Gasteiger partial charge >= 0.3 is 0 Å². The third-order valence-electron chi connectivity index (χ3n) is 5.29. The highest BCUT2D eigenvalue weighted by molar-refractivity contribution is 7.93. The minimum absolute atomic E-state index is 0.0804. The lowest BCUT2D eigenvalue weighted by atomic mass is 10.1. The van der Waals surface area contributed by atoms with Crippen LogP contribution in [0.2, 0.25) is 5.02 Å². The summed E-state index contributed by atoms with van der Waals surface area (Å²) in [5.74, 6) is 0.963. The summed E-state index contributed by atoms with van der Waals surface area (Å²) < 4.78 is 42.2. The Kier molecular flexibility index (Phi) is 6.90. The fourth-order valence-electron chi connectivity index (χ4n) is 3.62. The zero-order chi connectivity index (χ0) is 23.0. The second-order valence-corrected chi connectivity index (χ2v) is 11.0. The van der Waals surface area contributed by atoms with Crippen molar-refractivity contribution in [3.8, 4) is 0 Å². The van der Waals surface area contributed by atoms with E-state index in [1.165, 1.54) is 26.4 Å². The summed E-state index contributed by atoms with van der Waals surface area (Å²) in [4.78, 5) is 8.19. The summed E-state index contributed by atoms with van der Waals surface area (Å²) in [6.45, 7) is 9.45. The molecule has 3 rings (SSSR count). The zero-order valence-electron chi connectivity index (χ0n) is 18.5. The Morgan fingerprint density at radius 1 is 1.26 bits per heavy atom. The number of nitrogens with one attached hydrogen (secondary N) is 1. The molecular formula is C19H29ClN6O4S. The molecule has 3 heterocycles. The normalized spacial score (nSPS) is 20.7. The highest BCUT2D eigenvalue weighted by Crippen LogP contribution is 2.39. The molecule has 10 nitrogen and oxygen atoms in total. The van der Waals surface area contributed by atoms with Gasteiger partial charge in [0.25, 0.3) is 0 Å². The molecular weight excluding hydrogens is 444 g/mol. The van der Waals surface area contributed by atoms with Crippen LogP contribution < -0.4 is 4.72 Å². The number of halogens is 1. The van der Waals surface area contributed by atoms with Gasteiger partial charge in [-0.25, -0.2) is 18.4 Å². The van der Waals surface area contributed by atoms with Crippen LogP contribution in [-0.2, 0) is 19.5 Å². The fourth-order valence-corrected chi connectivity index (χ4v) is 4.86. The van der Waals surface area contributed by atoms with E-state index in [4.69, 9.17) is 21.1 Å². The number of aromatic nitrogens is 5. The maximum absolute atomic E-state index is 13.2. The first-order valence-corrected chi connectivity index (χ1v) is 12.0. The molecule has 3 atom stereocenters. The number of anilines is 1. The number of sulfonamides is 1. The van der Waals surface area contributed by atoms with Gasteiger partial charge in [-0.05, 0) is 47.5 Å². The predicted octanol–water partition coefficient (Wildman–Crippen LogP) is 3.45. The molecule has 2 aromatic rings. The lowest BCUT2D eigenvalue weighted by Gasteiger charge is -2.23. The van der Waals surface area contributed by atoms with Crippen molar-refractivity contribution in [3.05, 3.63) is 29.1 Å². The van der Waals surface area contributed by atoms with E-state index < -0.39 is 21.4 Å². The zero-order valence-corrected chi connectivity index (χ0v) is 20.1. The molecule has 31 heavy (non-hydrogen) atoms. The first-order valence-electron chi connectivity index (χ1n) is 10.1. The quantitative estimate of drug-likeness (QED) is 0.619. The molecule has 0 saturated carbocycles. The molecule has 0 aromatic carbocycles. The van der Waals surface area contributed by atoms with Crippen LogP contribution in [-0.4, -0.2) is 51.1 Å². The van der Waals surface area contributed by atoms with E-state index in [9.17, 15) is 8.42 Å². The molecule has 1 aliphatic rings. The molecule has 1 aliphatic heterocycles. The molecule has 1 fully saturated rings. The smallest absolute Gasteiger partial charge is 0.240 e. The molecule has 2 unspecified atom stereocenters. The van der Waals surface area contributed by atoms with Crippen molar-refractivity contribution in [1.82, 2.24) is 24.7 Å². The summed E-state index contributed by atoms with van der Waals surface area (Å²) in [5.41, 5.74) is -0.253. The molecule has 2 aromatic heterocycles. The molecule has 0 spiro atoms. The van der Waals surface area contributed by atoms with E-state index in [1.807, 2.05) is 27.7 Å². The summed E-state index contributed by atoms with van der Waals surface area (Å²) in [7, 11) is -2.52. The van der Waals surface area contributed by atoms with Crippen LogP contribution >= 0.6 is 11.6 Å². The van der Waals surface area contributed by atoms with Crippen LogP contribution in [0, 0.1) is 0 Å². The standard InChI is InChI=1S/C19H29ClN6O4S/c1-11(2)26-17(14-7-8-19(4,5)30-14)23-24-18(26)25-31(27,28)12(3)15(29-6)16-21-9-13(20)10-22-16/h9-12,14-15H,7-8H2,1-6H3,(H,24,25)/t12?,14-,15?/m1/s1. The molecule has 0 aliphatic carbocycles. The van der Waals surface area contributed by atoms with Gasteiger partial charge in [-0.15, -0.1) is 10.2 Å². The Balaban J connectivity index is 1.87. The van der Waals surface area contributed by atoms with Crippen LogP contribution in [0.3, 0.4) is 0 Å². The van der Waals surface area contributed by atoms with Gasteiger partial charge in [0.2, 0.25) is 16.0 Å². The van der Waals surface area contributed by atoms with Gasteiger partial charge in [0.15, 0.2) is 11.6 Å². The minimum atomic E-state index is -3.92. The molecule has 1 saturated heterocycles. The Labute approximate surface area is 187 Å². The number of ether oxygens (including phenoxy) is 2. The fraction of sp³-hybridized carbons (Fsp3) is 0.684. The molecule has 12 heteroatoms. The second kappa shape index (κ2) is 8.97. The third-order valence-corrected chi connectivity index (χ3v) is 7.18. The van der Waals surface area contributed by atoms with Crippen LogP contribution in [0.25, 0.3) is 0 Å². The average molecular weight is 473 g/mol. The number of nitrogens with zero attached hydrogens (tertiary/aromatic N) is 5. The Morgan fingerprint density at radius 3 is 2.42 bits per heavy atom. The minimum Gasteiger partial charge on any atom is -0.372 e. The van der Waals surface area contributed by atoms with Gasteiger partial charge in [-0.2, -0.15) is 0 Å². The van der Waals surface area contributed by atoms with Crippen molar-refractivity contribution in [2.75, 3.05) is 11.8 Å². The van der Waals surface area contributed by atoms with E-state index in [2.05, 4.69) is 24.9 Å². The van der Waals surface area contributed by atoms with E-state index in [0.717, 1.165) is 12.8 Å². The van der Waals surface area contributed by atoms with Crippen LogP contribution in [0.1, 0.15) is 77.4 Å². The highest BCUT2D eigenvalue weighted by Gasteiger charge is 2.38. The molecule has 0 amide bonds. The number of methoxy groups -OCH3 is 1. The van der Waals surface area contributed by atoms with E-state index in [-0.39, 0.29) is 29.5 Å². The maximum Gasteiger partial charge on any atom is 0.240 e. The highest BCUT2D eigenvalue weighted by atomic mass is 35.5. The number of hydrogen-bond donors (Lipinski definition) is 1. The topological polar surface area (TPSA) is 121 Å². The second-order valence-electron chi connectivity index (χ2n) is 8.52. The van der Waals surface area contributed by atoms with Gasteiger partial charge in [-0.1, -0.05) is 11.6 Å². The monoisotopic (exact) mass is 472 g/mol. The van der Waals surface area contributed by atoms with Gasteiger partial charge in [-0.3, -0.25) is 9.29 Å². The molecule has 1 N–H and O–H groups in total. The molecule has 0 bridgehead atoms. The molecule has 0 radical (unpaired) electrons. The predicted molar refractivity (Wildman–Crippen MR) is 116 cm³/mol. The van der Waals surface area contributed by atoms with Crippen LogP contribution in [0.15, 0.2) is 12.4 Å². The van der Waals surface area contributed by atoms with Crippen molar-refractivity contribution in [2.45, 2.75) is 76.6 Å². The Morgan fingerprint density at radius 2 is 1.90 bits per heavy atom. The van der Waals surface area contributed by atoms with Crippen molar-refractivity contribution < 1.29 is 17.9 Å². The molecule has 172 valence electrons. The van der Waals surface area contributed by atoms with Gasteiger partial charge in [0.05, 0.1) is 10.6 Å². The van der Waals surface area contributed by atoms with Gasteiger partial charge in [0.1, 0.15) is 17.5 Å².